The summed E-state index contributed by atoms with van der Waals surface area (Å²) in [6, 6.07) is 0. The SMILES string of the molecule is C=C/C=C/CCC[C@@H]1C=CCC[C@@H]1C(=O)C=C. The zero-order chi connectivity index (χ0) is 12.5. The Morgan fingerprint density at radius 2 is 2.24 bits per heavy atom. The van der Waals surface area contributed by atoms with Crippen LogP contribution in [0, 0.1) is 11.8 Å². The van der Waals surface area contributed by atoms with Gasteiger partial charge in [0, 0.05) is 5.92 Å². The molecule has 0 heterocycles. The van der Waals surface area contributed by atoms with Crippen LogP contribution in [0.25, 0.3) is 0 Å². The molecule has 1 rings (SSSR count). The molecule has 0 saturated carbocycles. The molecule has 0 aromatic carbocycles. The Morgan fingerprint density at radius 3 is 2.94 bits per heavy atom. The third-order valence-electron chi connectivity index (χ3n) is 3.29. The average molecular weight is 230 g/mol. The second-order valence-electron chi connectivity index (χ2n) is 4.48. The van der Waals surface area contributed by atoms with Crippen molar-refractivity contribution in [1.82, 2.24) is 0 Å². The third kappa shape index (κ3) is 4.56. The van der Waals surface area contributed by atoms with Crippen LogP contribution in [-0.4, -0.2) is 5.78 Å². The molecule has 1 aliphatic rings. The van der Waals surface area contributed by atoms with Gasteiger partial charge in [0.1, 0.15) is 0 Å². The molecule has 0 radical (unpaired) electrons. The number of hydrogen-bond acceptors (Lipinski definition) is 1. The van der Waals surface area contributed by atoms with Crippen molar-refractivity contribution < 1.29 is 4.79 Å². The van der Waals surface area contributed by atoms with Gasteiger partial charge < -0.3 is 0 Å². The van der Waals surface area contributed by atoms with Gasteiger partial charge in [0.15, 0.2) is 5.78 Å². The molecular formula is C16H22O. The predicted molar refractivity (Wildman–Crippen MR) is 73.7 cm³/mol. The Kier molecular flexibility index (Phi) is 6.31. The molecule has 0 saturated heterocycles. The van der Waals surface area contributed by atoms with Crippen molar-refractivity contribution in [2.75, 3.05) is 0 Å². The van der Waals surface area contributed by atoms with Gasteiger partial charge in [0.2, 0.25) is 0 Å². The molecule has 1 nitrogen and oxygen atoms in total. The van der Waals surface area contributed by atoms with Crippen molar-refractivity contribution in [3.63, 3.8) is 0 Å². The van der Waals surface area contributed by atoms with Crippen LogP contribution in [0.15, 0.2) is 49.6 Å². The fourth-order valence-electron chi connectivity index (χ4n) is 2.36. The van der Waals surface area contributed by atoms with E-state index < -0.39 is 0 Å². The van der Waals surface area contributed by atoms with E-state index in [4.69, 9.17) is 0 Å². The van der Waals surface area contributed by atoms with Crippen molar-refractivity contribution >= 4 is 5.78 Å². The fourth-order valence-corrected chi connectivity index (χ4v) is 2.36. The van der Waals surface area contributed by atoms with Gasteiger partial charge >= 0.3 is 0 Å². The molecule has 92 valence electrons. The van der Waals surface area contributed by atoms with Crippen LogP contribution in [-0.2, 0) is 4.79 Å². The topological polar surface area (TPSA) is 17.1 Å². The largest absolute Gasteiger partial charge is 0.295 e. The van der Waals surface area contributed by atoms with E-state index in [9.17, 15) is 4.79 Å². The highest BCUT2D eigenvalue weighted by atomic mass is 16.1. The van der Waals surface area contributed by atoms with Gasteiger partial charge in [0.05, 0.1) is 0 Å². The quantitative estimate of drug-likeness (QED) is 0.277. The number of unbranched alkanes of at least 4 members (excludes halogenated alkanes) is 1. The molecule has 0 aromatic rings. The van der Waals surface area contributed by atoms with E-state index in [1.54, 1.807) is 6.08 Å². The van der Waals surface area contributed by atoms with E-state index in [0.29, 0.717) is 5.92 Å². The van der Waals surface area contributed by atoms with Crippen molar-refractivity contribution in [3.05, 3.63) is 49.6 Å². The minimum absolute atomic E-state index is 0.167. The van der Waals surface area contributed by atoms with Crippen LogP contribution in [0.4, 0.5) is 0 Å². The summed E-state index contributed by atoms with van der Waals surface area (Å²) < 4.78 is 0. The number of rotatable bonds is 7. The Balaban J connectivity index is 2.42. The van der Waals surface area contributed by atoms with Gasteiger partial charge in [-0.1, -0.05) is 43.5 Å². The molecular weight excluding hydrogens is 208 g/mol. The minimum atomic E-state index is 0.167. The monoisotopic (exact) mass is 230 g/mol. The number of hydrogen-bond donors (Lipinski definition) is 0. The van der Waals surface area contributed by atoms with Crippen molar-refractivity contribution in [3.8, 4) is 0 Å². The number of ketones is 1. The van der Waals surface area contributed by atoms with E-state index >= 15 is 0 Å². The van der Waals surface area contributed by atoms with E-state index in [1.807, 2.05) is 6.08 Å². The molecule has 0 aromatic heterocycles. The molecule has 0 aliphatic heterocycles. The van der Waals surface area contributed by atoms with Gasteiger partial charge in [-0.25, -0.2) is 0 Å². The highest BCUT2D eigenvalue weighted by Gasteiger charge is 2.25. The van der Waals surface area contributed by atoms with Gasteiger partial charge in [-0.15, -0.1) is 0 Å². The maximum atomic E-state index is 11.7. The first-order valence-electron chi connectivity index (χ1n) is 6.40. The van der Waals surface area contributed by atoms with E-state index in [1.165, 1.54) is 6.08 Å². The average Bonchev–Trinajstić information content (AvgIpc) is 2.38. The highest BCUT2D eigenvalue weighted by molar-refractivity contribution is 5.91. The Bertz CT molecular complexity index is 322. The minimum Gasteiger partial charge on any atom is -0.295 e. The smallest absolute Gasteiger partial charge is 0.158 e. The summed E-state index contributed by atoms with van der Waals surface area (Å²) in [6.45, 7) is 7.24. The first-order chi connectivity index (χ1) is 8.29. The lowest BCUT2D eigenvalue weighted by Gasteiger charge is -2.25. The summed E-state index contributed by atoms with van der Waals surface area (Å²) in [4.78, 5) is 11.7. The molecule has 17 heavy (non-hydrogen) atoms. The maximum Gasteiger partial charge on any atom is 0.158 e. The molecule has 0 unspecified atom stereocenters. The highest BCUT2D eigenvalue weighted by Crippen LogP contribution is 2.29. The predicted octanol–water partition coefficient (Wildman–Crippen LogP) is 4.24. The lowest BCUT2D eigenvalue weighted by molar-refractivity contribution is -0.119. The molecule has 0 fully saturated rings. The van der Waals surface area contributed by atoms with Gasteiger partial charge in [-0.2, -0.15) is 0 Å². The number of allylic oxidation sites excluding steroid dienone is 6. The zero-order valence-electron chi connectivity index (χ0n) is 10.5. The molecule has 0 amide bonds. The van der Waals surface area contributed by atoms with Crippen LogP contribution < -0.4 is 0 Å². The van der Waals surface area contributed by atoms with Crippen molar-refractivity contribution in [2.45, 2.75) is 32.1 Å². The molecule has 1 aliphatic carbocycles. The number of carbonyl (C=O) groups is 1. The maximum absolute atomic E-state index is 11.7. The lowest BCUT2D eigenvalue weighted by atomic mass is 9.78. The van der Waals surface area contributed by atoms with Gasteiger partial charge in [-0.3, -0.25) is 4.79 Å². The molecule has 2 atom stereocenters. The first kappa shape index (κ1) is 13.7. The lowest BCUT2D eigenvalue weighted by Crippen LogP contribution is -2.23. The summed E-state index contributed by atoms with van der Waals surface area (Å²) in [5.74, 6) is 0.785. The summed E-state index contributed by atoms with van der Waals surface area (Å²) in [7, 11) is 0. The van der Waals surface area contributed by atoms with Crippen LogP contribution in [0.3, 0.4) is 0 Å². The first-order valence-corrected chi connectivity index (χ1v) is 6.40. The van der Waals surface area contributed by atoms with Gasteiger partial charge in [-0.05, 0) is 44.1 Å². The van der Waals surface area contributed by atoms with Crippen LogP contribution in [0.2, 0.25) is 0 Å². The second-order valence-corrected chi connectivity index (χ2v) is 4.48. The van der Waals surface area contributed by atoms with Crippen molar-refractivity contribution in [1.29, 1.82) is 0 Å². The normalized spacial score (nSPS) is 23.8. The standard InChI is InChI=1S/C16H22O/c1-3-5-6-7-8-11-14-12-9-10-13-15(14)16(17)4-2/h3-6,9,12,14-15H,1-2,7-8,10-11,13H2/b6-5+/t14-,15+/m1/s1. The Labute approximate surface area is 105 Å². The van der Waals surface area contributed by atoms with Crippen LogP contribution >= 0.6 is 0 Å². The number of carbonyl (C=O) groups excluding carboxylic acids is 1. The molecule has 0 spiro atoms. The van der Waals surface area contributed by atoms with E-state index in [0.717, 1.165) is 32.1 Å². The Hall–Kier alpha value is -1.37. The van der Waals surface area contributed by atoms with E-state index in [-0.39, 0.29) is 11.7 Å². The molecule has 0 bridgehead atoms. The summed E-state index contributed by atoms with van der Waals surface area (Å²) in [5, 5.41) is 0. The zero-order valence-corrected chi connectivity index (χ0v) is 10.5. The summed E-state index contributed by atoms with van der Waals surface area (Å²) in [6.07, 6.45) is 17.1. The summed E-state index contributed by atoms with van der Waals surface area (Å²) >= 11 is 0. The third-order valence-corrected chi connectivity index (χ3v) is 3.29. The van der Waals surface area contributed by atoms with Crippen LogP contribution in [0.1, 0.15) is 32.1 Å². The summed E-state index contributed by atoms with van der Waals surface area (Å²) in [5.41, 5.74) is 0. The van der Waals surface area contributed by atoms with Gasteiger partial charge in [0.25, 0.3) is 0 Å². The van der Waals surface area contributed by atoms with E-state index in [2.05, 4.69) is 31.4 Å². The molecule has 0 N–H and O–H groups in total. The fraction of sp³-hybridized carbons (Fsp3) is 0.438. The Morgan fingerprint density at radius 1 is 1.41 bits per heavy atom. The second kappa shape index (κ2) is 7.83. The van der Waals surface area contributed by atoms with Crippen LogP contribution in [0.5, 0.6) is 0 Å². The molecule has 1 heteroatoms. The van der Waals surface area contributed by atoms with Crippen molar-refractivity contribution in [2.24, 2.45) is 11.8 Å².